The molecule has 0 saturated carbocycles. The van der Waals surface area contributed by atoms with Gasteiger partial charge in [-0.1, -0.05) is 36.4 Å². The van der Waals surface area contributed by atoms with Crippen molar-refractivity contribution in [2.45, 2.75) is 6.92 Å². The zero-order chi connectivity index (χ0) is 22.2. The summed E-state index contributed by atoms with van der Waals surface area (Å²) in [7, 11) is 0. The topological polar surface area (TPSA) is 109 Å². The molecule has 0 aliphatic heterocycles. The Labute approximate surface area is 179 Å². The molecule has 7 nitrogen and oxygen atoms in total. The van der Waals surface area contributed by atoms with Crippen LogP contribution in [0.5, 0.6) is 11.5 Å². The van der Waals surface area contributed by atoms with E-state index in [0.29, 0.717) is 23.6 Å². The van der Waals surface area contributed by atoms with Crippen LogP contribution in [0.3, 0.4) is 0 Å². The Morgan fingerprint density at radius 1 is 1.03 bits per heavy atom. The van der Waals surface area contributed by atoms with Gasteiger partial charge in [0.1, 0.15) is 11.6 Å². The molecule has 3 aromatic carbocycles. The van der Waals surface area contributed by atoms with Crippen LogP contribution in [0.1, 0.15) is 12.5 Å². The molecule has 3 aromatic rings. The Balaban J connectivity index is 1.82. The number of nitrogens with one attached hydrogen (secondary N) is 1. The van der Waals surface area contributed by atoms with Crippen LogP contribution in [0.4, 0.5) is 5.69 Å². The molecule has 0 bridgehead atoms. The molecular formula is C24H20N2O5. The second kappa shape index (κ2) is 9.94. The van der Waals surface area contributed by atoms with Gasteiger partial charge in [-0.3, -0.25) is 4.79 Å². The van der Waals surface area contributed by atoms with Crippen LogP contribution >= 0.6 is 0 Å². The first-order chi connectivity index (χ1) is 15.0. The maximum atomic E-state index is 12.6. The lowest BCUT2D eigenvalue weighted by Gasteiger charge is -2.11. The van der Waals surface area contributed by atoms with Crippen LogP contribution in [-0.2, 0) is 9.59 Å². The number of amides is 1. The number of nitriles is 1. The molecule has 0 radical (unpaired) electrons. The van der Waals surface area contributed by atoms with Crippen molar-refractivity contribution in [3.05, 3.63) is 71.8 Å². The summed E-state index contributed by atoms with van der Waals surface area (Å²) in [6.45, 7) is 1.61. The number of ether oxygens (including phenoxy) is 2. The first-order valence-corrected chi connectivity index (χ1v) is 9.53. The summed E-state index contributed by atoms with van der Waals surface area (Å²) in [5.74, 6) is -1.06. The van der Waals surface area contributed by atoms with Gasteiger partial charge in [-0.15, -0.1) is 0 Å². The second-order valence-corrected chi connectivity index (χ2v) is 6.51. The summed E-state index contributed by atoms with van der Waals surface area (Å²) in [4.78, 5) is 23.4. The minimum Gasteiger partial charge on any atom is -0.490 e. The molecule has 0 heterocycles. The number of rotatable bonds is 8. The third-order valence-corrected chi connectivity index (χ3v) is 4.30. The first-order valence-electron chi connectivity index (χ1n) is 9.53. The van der Waals surface area contributed by atoms with Gasteiger partial charge >= 0.3 is 5.97 Å². The third kappa shape index (κ3) is 5.61. The van der Waals surface area contributed by atoms with Crippen molar-refractivity contribution in [2.24, 2.45) is 0 Å². The zero-order valence-corrected chi connectivity index (χ0v) is 16.8. The average molecular weight is 416 g/mol. The monoisotopic (exact) mass is 416 g/mol. The number of benzene rings is 3. The Hall–Kier alpha value is -4.31. The van der Waals surface area contributed by atoms with Crippen molar-refractivity contribution in [3.8, 4) is 17.6 Å². The van der Waals surface area contributed by atoms with Crippen LogP contribution in [0.15, 0.2) is 66.2 Å². The highest BCUT2D eigenvalue weighted by molar-refractivity contribution is 6.10. The standard InChI is InChI=1S/C24H20N2O5/c1-2-30-22-12-16(7-10-21(22)31-15-23(27)28)11-19(14-25)24(29)26-20-9-8-17-5-3-4-6-18(17)13-20/h3-13H,2,15H2,1H3,(H,26,29)(H,27,28)/b19-11-. The number of carboxylic acid groups (broad SMARTS) is 1. The van der Waals surface area contributed by atoms with E-state index in [2.05, 4.69) is 5.32 Å². The van der Waals surface area contributed by atoms with Crippen molar-refractivity contribution in [2.75, 3.05) is 18.5 Å². The summed E-state index contributed by atoms with van der Waals surface area (Å²) >= 11 is 0. The number of nitrogens with zero attached hydrogens (tertiary/aromatic N) is 1. The molecule has 2 N–H and O–H groups in total. The summed E-state index contributed by atoms with van der Waals surface area (Å²) in [5, 5.41) is 23.0. The fraction of sp³-hybridized carbons (Fsp3) is 0.125. The second-order valence-electron chi connectivity index (χ2n) is 6.51. The predicted octanol–water partition coefficient (Wildman–Crippen LogP) is 4.25. The molecule has 0 spiro atoms. The number of carbonyl (C=O) groups excluding carboxylic acids is 1. The van der Waals surface area contributed by atoms with E-state index in [4.69, 9.17) is 14.6 Å². The van der Waals surface area contributed by atoms with Crippen molar-refractivity contribution in [1.29, 1.82) is 5.26 Å². The Morgan fingerprint density at radius 2 is 1.81 bits per heavy atom. The first kappa shape index (κ1) is 21.4. The van der Waals surface area contributed by atoms with Gasteiger partial charge < -0.3 is 19.9 Å². The van der Waals surface area contributed by atoms with Crippen molar-refractivity contribution < 1.29 is 24.2 Å². The van der Waals surface area contributed by atoms with Crippen LogP contribution in [0.25, 0.3) is 16.8 Å². The van der Waals surface area contributed by atoms with Gasteiger partial charge in [0.25, 0.3) is 5.91 Å². The SMILES string of the molecule is CCOc1cc(/C=C(/C#N)C(=O)Nc2ccc3ccccc3c2)ccc1OCC(=O)O. The lowest BCUT2D eigenvalue weighted by atomic mass is 10.1. The molecule has 1 amide bonds. The minimum atomic E-state index is -1.11. The summed E-state index contributed by atoms with van der Waals surface area (Å²) in [6.07, 6.45) is 1.43. The van der Waals surface area contributed by atoms with Gasteiger partial charge in [-0.25, -0.2) is 4.79 Å². The maximum absolute atomic E-state index is 12.6. The summed E-state index contributed by atoms with van der Waals surface area (Å²) in [6, 6.07) is 19.9. The fourth-order valence-electron chi connectivity index (χ4n) is 2.92. The highest BCUT2D eigenvalue weighted by Gasteiger charge is 2.12. The van der Waals surface area contributed by atoms with E-state index in [-0.39, 0.29) is 11.3 Å². The molecule has 31 heavy (non-hydrogen) atoms. The number of carbonyl (C=O) groups is 2. The number of carboxylic acids is 1. The van der Waals surface area contributed by atoms with Gasteiger partial charge in [0.15, 0.2) is 18.1 Å². The van der Waals surface area contributed by atoms with Crippen molar-refractivity contribution in [3.63, 3.8) is 0 Å². The maximum Gasteiger partial charge on any atom is 0.341 e. The van der Waals surface area contributed by atoms with E-state index in [1.54, 1.807) is 25.1 Å². The molecule has 156 valence electrons. The summed E-state index contributed by atoms with van der Waals surface area (Å²) in [5.41, 5.74) is 1.03. The number of fused-ring (bicyclic) bond motifs is 1. The predicted molar refractivity (Wildman–Crippen MR) is 117 cm³/mol. The normalized spacial score (nSPS) is 10.9. The van der Waals surface area contributed by atoms with E-state index in [9.17, 15) is 14.9 Å². The minimum absolute atomic E-state index is 0.0881. The van der Waals surface area contributed by atoms with Crippen molar-refractivity contribution >= 4 is 34.4 Å². The molecule has 3 rings (SSSR count). The Morgan fingerprint density at radius 3 is 2.52 bits per heavy atom. The molecular weight excluding hydrogens is 396 g/mol. The Bertz CT molecular complexity index is 1190. The zero-order valence-electron chi connectivity index (χ0n) is 16.8. The summed E-state index contributed by atoms with van der Waals surface area (Å²) < 4.78 is 10.7. The van der Waals surface area contributed by atoms with Gasteiger partial charge in [-0.05, 0) is 53.6 Å². The lowest BCUT2D eigenvalue weighted by molar-refractivity contribution is -0.139. The van der Waals surface area contributed by atoms with E-state index in [1.165, 1.54) is 12.1 Å². The number of aliphatic carboxylic acids is 1. The highest BCUT2D eigenvalue weighted by Crippen LogP contribution is 2.29. The molecule has 0 fully saturated rings. The van der Waals surface area contributed by atoms with Crippen LogP contribution in [0, 0.1) is 11.3 Å². The van der Waals surface area contributed by atoms with Gasteiger partial charge in [0.2, 0.25) is 0 Å². The Kier molecular flexibility index (Phi) is 6.86. The van der Waals surface area contributed by atoms with E-state index < -0.39 is 18.5 Å². The van der Waals surface area contributed by atoms with Crippen LogP contribution in [0.2, 0.25) is 0 Å². The number of anilines is 1. The van der Waals surface area contributed by atoms with E-state index in [1.807, 2.05) is 42.5 Å². The third-order valence-electron chi connectivity index (χ3n) is 4.30. The van der Waals surface area contributed by atoms with Crippen LogP contribution in [-0.4, -0.2) is 30.2 Å². The van der Waals surface area contributed by atoms with E-state index >= 15 is 0 Å². The smallest absolute Gasteiger partial charge is 0.341 e. The van der Waals surface area contributed by atoms with Gasteiger partial charge in [0, 0.05) is 5.69 Å². The molecule has 0 aliphatic rings. The molecule has 0 saturated heterocycles. The molecule has 0 atom stereocenters. The fourth-order valence-corrected chi connectivity index (χ4v) is 2.92. The molecule has 0 aliphatic carbocycles. The molecule has 0 unspecified atom stereocenters. The average Bonchev–Trinajstić information content (AvgIpc) is 2.76. The lowest BCUT2D eigenvalue weighted by Crippen LogP contribution is -2.13. The highest BCUT2D eigenvalue weighted by atomic mass is 16.5. The molecule has 0 aromatic heterocycles. The largest absolute Gasteiger partial charge is 0.490 e. The number of hydrogen-bond acceptors (Lipinski definition) is 5. The van der Waals surface area contributed by atoms with E-state index in [0.717, 1.165) is 10.8 Å². The van der Waals surface area contributed by atoms with Crippen molar-refractivity contribution in [1.82, 2.24) is 0 Å². The van der Waals surface area contributed by atoms with Gasteiger partial charge in [0.05, 0.1) is 6.61 Å². The van der Waals surface area contributed by atoms with Gasteiger partial charge in [-0.2, -0.15) is 5.26 Å². The quantitative estimate of drug-likeness (QED) is 0.420. The molecule has 7 heteroatoms. The van der Waals surface area contributed by atoms with Crippen LogP contribution < -0.4 is 14.8 Å². The number of hydrogen-bond donors (Lipinski definition) is 2.